The summed E-state index contributed by atoms with van der Waals surface area (Å²) < 4.78 is 40.3. The third-order valence-corrected chi connectivity index (χ3v) is 5.58. The standard InChI is InChI=1S/C13H11BrClFN2O2S/c1-8-5-12(10(15)6-11(8)16)21(19,20)18(2)13-4-3-9(14)7-17-13/h3-7H,1-2H3. The highest BCUT2D eigenvalue weighted by Crippen LogP contribution is 2.29. The molecule has 0 aliphatic carbocycles. The number of halogens is 3. The summed E-state index contributed by atoms with van der Waals surface area (Å²) in [6.07, 6.45) is 1.48. The Morgan fingerprint density at radius 1 is 1.33 bits per heavy atom. The van der Waals surface area contributed by atoms with E-state index < -0.39 is 15.8 Å². The van der Waals surface area contributed by atoms with Crippen LogP contribution < -0.4 is 4.31 Å². The fourth-order valence-corrected chi connectivity index (χ4v) is 3.61. The molecule has 0 radical (unpaired) electrons. The molecule has 0 saturated heterocycles. The van der Waals surface area contributed by atoms with E-state index in [0.29, 0.717) is 0 Å². The van der Waals surface area contributed by atoms with Crippen molar-refractivity contribution < 1.29 is 12.8 Å². The third-order valence-electron chi connectivity index (χ3n) is 2.89. The predicted molar refractivity (Wildman–Crippen MR) is 83.7 cm³/mol. The molecule has 0 aliphatic rings. The fraction of sp³-hybridized carbons (Fsp3) is 0.154. The molecule has 112 valence electrons. The molecule has 1 heterocycles. The Morgan fingerprint density at radius 3 is 2.57 bits per heavy atom. The summed E-state index contributed by atoms with van der Waals surface area (Å²) in [7, 11) is -2.56. The number of nitrogens with zero attached hydrogens (tertiary/aromatic N) is 2. The van der Waals surface area contributed by atoms with Crippen molar-refractivity contribution in [1.82, 2.24) is 4.98 Å². The van der Waals surface area contributed by atoms with E-state index in [4.69, 9.17) is 11.6 Å². The van der Waals surface area contributed by atoms with Crippen LogP contribution in [-0.4, -0.2) is 20.4 Å². The number of benzene rings is 1. The number of aromatic nitrogens is 1. The number of hydrogen-bond acceptors (Lipinski definition) is 3. The summed E-state index contributed by atoms with van der Waals surface area (Å²) in [6.45, 7) is 1.47. The molecule has 0 amide bonds. The van der Waals surface area contributed by atoms with Crippen molar-refractivity contribution in [3.05, 3.63) is 51.3 Å². The second-order valence-corrected chi connectivity index (χ2v) is 7.60. The van der Waals surface area contributed by atoms with E-state index >= 15 is 0 Å². The molecule has 4 nitrogen and oxygen atoms in total. The number of anilines is 1. The largest absolute Gasteiger partial charge is 0.266 e. The smallest absolute Gasteiger partial charge is 0.253 e. The SMILES string of the molecule is Cc1cc(S(=O)(=O)N(C)c2ccc(Br)cn2)c(Cl)cc1F. The van der Waals surface area contributed by atoms with Gasteiger partial charge < -0.3 is 0 Å². The molecule has 0 saturated carbocycles. The molecule has 1 aromatic carbocycles. The molecule has 0 atom stereocenters. The van der Waals surface area contributed by atoms with Gasteiger partial charge in [0.1, 0.15) is 16.5 Å². The maximum Gasteiger partial charge on any atom is 0.266 e. The van der Waals surface area contributed by atoms with Gasteiger partial charge in [-0.2, -0.15) is 0 Å². The van der Waals surface area contributed by atoms with Crippen molar-refractivity contribution in [3.8, 4) is 0 Å². The van der Waals surface area contributed by atoms with Gasteiger partial charge in [0.2, 0.25) is 0 Å². The molecule has 2 aromatic rings. The van der Waals surface area contributed by atoms with Crippen molar-refractivity contribution >= 4 is 43.4 Å². The van der Waals surface area contributed by atoms with Gasteiger partial charge in [-0.25, -0.2) is 17.8 Å². The normalized spacial score (nSPS) is 11.5. The van der Waals surface area contributed by atoms with Gasteiger partial charge in [0.25, 0.3) is 10.0 Å². The molecule has 1 aromatic heterocycles. The minimum absolute atomic E-state index is 0.157. The molecule has 0 N–H and O–H groups in total. The van der Waals surface area contributed by atoms with Crippen LogP contribution in [0.4, 0.5) is 10.2 Å². The number of hydrogen-bond donors (Lipinski definition) is 0. The van der Waals surface area contributed by atoms with Gasteiger partial charge in [-0.05, 0) is 52.7 Å². The highest BCUT2D eigenvalue weighted by Gasteiger charge is 2.26. The summed E-state index contributed by atoms with van der Waals surface area (Å²) >= 11 is 9.09. The first-order chi connectivity index (χ1) is 9.73. The maximum atomic E-state index is 13.4. The second-order valence-electron chi connectivity index (χ2n) is 4.34. The Kier molecular flexibility index (Phi) is 4.55. The Balaban J connectivity index is 2.51. The average molecular weight is 394 g/mol. The topological polar surface area (TPSA) is 50.3 Å². The van der Waals surface area contributed by atoms with Crippen LogP contribution >= 0.6 is 27.5 Å². The monoisotopic (exact) mass is 392 g/mol. The molecule has 0 aliphatic heterocycles. The molecular formula is C13H11BrClFN2O2S. The van der Waals surface area contributed by atoms with E-state index in [0.717, 1.165) is 14.8 Å². The molecule has 0 unspecified atom stereocenters. The van der Waals surface area contributed by atoms with Crippen LogP contribution in [0.25, 0.3) is 0 Å². The van der Waals surface area contributed by atoms with E-state index in [1.165, 1.54) is 26.2 Å². The van der Waals surface area contributed by atoms with Crippen molar-refractivity contribution in [2.24, 2.45) is 0 Å². The number of rotatable bonds is 3. The molecular weight excluding hydrogens is 383 g/mol. The summed E-state index contributed by atoms with van der Waals surface area (Å²) in [4.78, 5) is 3.87. The summed E-state index contributed by atoms with van der Waals surface area (Å²) in [5.41, 5.74) is 0.204. The minimum Gasteiger partial charge on any atom is -0.253 e. The van der Waals surface area contributed by atoms with Crippen LogP contribution in [-0.2, 0) is 10.0 Å². The molecule has 0 fully saturated rings. The lowest BCUT2D eigenvalue weighted by Gasteiger charge is -2.19. The highest BCUT2D eigenvalue weighted by atomic mass is 79.9. The van der Waals surface area contributed by atoms with Gasteiger partial charge in [-0.1, -0.05) is 11.6 Å². The van der Waals surface area contributed by atoms with Crippen LogP contribution in [0.15, 0.2) is 39.8 Å². The maximum absolute atomic E-state index is 13.4. The Labute approximate surface area is 135 Å². The summed E-state index contributed by atoms with van der Waals surface area (Å²) in [5.74, 6) is -0.320. The van der Waals surface area contributed by atoms with Crippen LogP contribution in [0.5, 0.6) is 0 Å². The number of aryl methyl sites for hydroxylation is 1. The molecule has 8 heteroatoms. The van der Waals surface area contributed by atoms with Crippen molar-refractivity contribution in [2.45, 2.75) is 11.8 Å². The third kappa shape index (κ3) is 3.20. The van der Waals surface area contributed by atoms with Crippen LogP contribution in [0.3, 0.4) is 0 Å². The zero-order chi connectivity index (χ0) is 15.8. The lowest BCUT2D eigenvalue weighted by atomic mass is 10.2. The quantitative estimate of drug-likeness (QED) is 0.797. The van der Waals surface area contributed by atoms with Crippen molar-refractivity contribution in [2.75, 3.05) is 11.4 Å². The Morgan fingerprint density at radius 2 is 2.00 bits per heavy atom. The zero-order valence-electron chi connectivity index (χ0n) is 11.1. The highest BCUT2D eigenvalue weighted by molar-refractivity contribution is 9.10. The van der Waals surface area contributed by atoms with E-state index in [2.05, 4.69) is 20.9 Å². The second kappa shape index (κ2) is 5.90. The van der Waals surface area contributed by atoms with Crippen LogP contribution in [0.1, 0.15) is 5.56 Å². The zero-order valence-corrected chi connectivity index (χ0v) is 14.3. The summed E-state index contributed by atoms with van der Waals surface area (Å²) in [5, 5.41) is -0.165. The first-order valence-corrected chi connectivity index (χ1v) is 8.40. The lowest BCUT2D eigenvalue weighted by molar-refractivity contribution is 0.592. The van der Waals surface area contributed by atoms with E-state index in [9.17, 15) is 12.8 Å². The van der Waals surface area contributed by atoms with Crippen LogP contribution in [0, 0.1) is 12.7 Å². The van der Waals surface area contributed by atoms with Gasteiger partial charge in [0.15, 0.2) is 0 Å². The van der Waals surface area contributed by atoms with Gasteiger partial charge in [-0.15, -0.1) is 0 Å². The predicted octanol–water partition coefficient (Wildman–Crippen LogP) is 3.77. The summed E-state index contributed by atoms with van der Waals surface area (Å²) in [6, 6.07) is 5.42. The van der Waals surface area contributed by atoms with E-state index in [1.807, 2.05) is 0 Å². The van der Waals surface area contributed by atoms with Gasteiger partial charge in [0.05, 0.1) is 5.02 Å². The molecule has 21 heavy (non-hydrogen) atoms. The van der Waals surface area contributed by atoms with E-state index in [-0.39, 0.29) is 21.3 Å². The minimum atomic E-state index is -3.92. The van der Waals surface area contributed by atoms with Crippen molar-refractivity contribution in [1.29, 1.82) is 0 Å². The van der Waals surface area contributed by atoms with Crippen LogP contribution in [0.2, 0.25) is 5.02 Å². The lowest BCUT2D eigenvalue weighted by Crippen LogP contribution is -2.27. The average Bonchev–Trinajstić information content (AvgIpc) is 2.42. The first-order valence-electron chi connectivity index (χ1n) is 5.79. The Bertz CT molecular complexity index is 782. The fourth-order valence-electron chi connectivity index (χ4n) is 1.65. The number of sulfonamides is 1. The van der Waals surface area contributed by atoms with Gasteiger partial charge in [0, 0.05) is 17.7 Å². The molecule has 0 spiro atoms. The molecule has 2 rings (SSSR count). The Hall–Kier alpha value is -1.18. The first kappa shape index (κ1) is 16.2. The van der Waals surface area contributed by atoms with Crippen molar-refractivity contribution in [3.63, 3.8) is 0 Å². The van der Waals surface area contributed by atoms with Gasteiger partial charge in [-0.3, -0.25) is 4.31 Å². The van der Waals surface area contributed by atoms with Gasteiger partial charge >= 0.3 is 0 Å². The molecule has 0 bridgehead atoms. The van der Waals surface area contributed by atoms with E-state index in [1.54, 1.807) is 12.1 Å². The number of pyridine rings is 1.